The third kappa shape index (κ3) is 2.99. The molecule has 94 valence electrons. The molecule has 0 aliphatic carbocycles. The average molecular weight is 235 g/mol. The third-order valence-corrected chi connectivity index (χ3v) is 3.46. The summed E-state index contributed by atoms with van der Waals surface area (Å²) in [5, 5.41) is 9.23. The van der Waals surface area contributed by atoms with Gasteiger partial charge in [-0.05, 0) is 50.0 Å². The lowest BCUT2D eigenvalue weighted by Gasteiger charge is -2.27. The molecule has 1 aromatic carbocycles. The summed E-state index contributed by atoms with van der Waals surface area (Å²) in [6.07, 6.45) is 3.34. The van der Waals surface area contributed by atoms with Gasteiger partial charge < -0.3 is 9.84 Å². The molecule has 1 aliphatic rings. The Morgan fingerprint density at radius 2 is 2.12 bits per heavy atom. The summed E-state index contributed by atoms with van der Waals surface area (Å²) in [7, 11) is 1.69. The van der Waals surface area contributed by atoms with E-state index in [1.807, 2.05) is 12.1 Å². The fourth-order valence-corrected chi connectivity index (χ4v) is 2.58. The van der Waals surface area contributed by atoms with Crippen molar-refractivity contribution < 1.29 is 9.84 Å². The normalized spacial score (nSPS) is 18.2. The summed E-state index contributed by atoms with van der Waals surface area (Å²) in [5.74, 6) is 0.893. The maximum Gasteiger partial charge on any atom is 0.119 e. The fourth-order valence-electron chi connectivity index (χ4n) is 2.58. The molecule has 1 aliphatic heterocycles. The smallest absolute Gasteiger partial charge is 0.119 e. The van der Waals surface area contributed by atoms with Crippen LogP contribution in [0, 0.1) is 0 Å². The van der Waals surface area contributed by atoms with E-state index in [9.17, 15) is 5.11 Å². The Kier molecular flexibility index (Phi) is 4.40. The van der Waals surface area contributed by atoms with Crippen LogP contribution in [0.25, 0.3) is 0 Å². The Balaban J connectivity index is 2.18. The summed E-state index contributed by atoms with van der Waals surface area (Å²) >= 11 is 0. The summed E-state index contributed by atoms with van der Waals surface area (Å²) in [6.45, 7) is 2.52. The van der Waals surface area contributed by atoms with E-state index in [0.717, 1.165) is 25.3 Å². The first-order chi connectivity index (χ1) is 8.35. The zero-order chi connectivity index (χ0) is 12.1. The molecule has 0 spiro atoms. The summed E-state index contributed by atoms with van der Waals surface area (Å²) < 4.78 is 5.26. The largest absolute Gasteiger partial charge is 0.497 e. The van der Waals surface area contributed by atoms with E-state index < -0.39 is 0 Å². The summed E-state index contributed by atoms with van der Waals surface area (Å²) in [6, 6.07) is 8.52. The quantitative estimate of drug-likeness (QED) is 0.849. The number of benzene rings is 1. The average Bonchev–Trinajstić information content (AvgIpc) is 2.89. The number of nitrogens with zero attached hydrogens (tertiary/aromatic N) is 1. The van der Waals surface area contributed by atoms with Gasteiger partial charge >= 0.3 is 0 Å². The molecule has 1 N–H and O–H groups in total. The predicted octanol–water partition coefficient (Wildman–Crippen LogP) is 2.21. The van der Waals surface area contributed by atoms with E-state index in [2.05, 4.69) is 17.0 Å². The number of likely N-dealkylation sites (tertiary alicyclic amines) is 1. The van der Waals surface area contributed by atoms with E-state index in [1.54, 1.807) is 7.11 Å². The van der Waals surface area contributed by atoms with E-state index >= 15 is 0 Å². The molecule has 1 fully saturated rings. The van der Waals surface area contributed by atoms with Gasteiger partial charge in [0.1, 0.15) is 5.75 Å². The fraction of sp³-hybridized carbons (Fsp3) is 0.571. The van der Waals surface area contributed by atoms with Crippen LogP contribution < -0.4 is 4.74 Å². The van der Waals surface area contributed by atoms with E-state index in [0.29, 0.717) is 6.04 Å². The molecule has 3 heteroatoms. The van der Waals surface area contributed by atoms with Gasteiger partial charge in [0.25, 0.3) is 0 Å². The van der Waals surface area contributed by atoms with Crippen LogP contribution in [0.15, 0.2) is 24.3 Å². The number of hydrogen-bond donors (Lipinski definition) is 1. The molecular formula is C14H21NO2. The number of ether oxygens (including phenoxy) is 1. The first-order valence-electron chi connectivity index (χ1n) is 6.34. The molecule has 3 nitrogen and oxygen atoms in total. The van der Waals surface area contributed by atoms with Crippen molar-refractivity contribution in [3.63, 3.8) is 0 Å². The van der Waals surface area contributed by atoms with Crippen molar-refractivity contribution in [1.29, 1.82) is 0 Å². The van der Waals surface area contributed by atoms with Gasteiger partial charge in [-0.2, -0.15) is 0 Å². The van der Waals surface area contributed by atoms with Crippen LogP contribution in [-0.4, -0.2) is 36.8 Å². The van der Waals surface area contributed by atoms with E-state index in [-0.39, 0.29) is 6.61 Å². The molecule has 1 unspecified atom stereocenters. The number of aliphatic hydroxyl groups is 1. The zero-order valence-electron chi connectivity index (χ0n) is 10.4. The van der Waals surface area contributed by atoms with Crippen molar-refractivity contribution in [3.05, 3.63) is 29.8 Å². The number of rotatable bonds is 5. The molecule has 17 heavy (non-hydrogen) atoms. The Hall–Kier alpha value is -1.06. The Morgan fingerprint density at radius 3 is 2.76 bits per heavy atom. The van der Waals surface area contributed by atoms with Crippen LogP contribution >= 0.6 is 0 Å². The Labute approximate surface area is 103 Å². The second-order valence-corrected chi connectivity index (χ2v) is 4.55. The maximum absolute atomic E-state index is 9.23. The van der Waals surface area contributed by atoms with Gasteiger partial charge in [0.15, 0.2) is 0 Å². The van der Waals surface area contributed by atoms with E-state index in [4.69, 9.17) is 4.74 Å². The van der Waals surface area contributed by atoms with Crippen LogP contribution in [0.3, 0.4) is 0 Å². The highest BCUT2D eigenvalue weighted by atomic mass is 16.5. The number of hydrogen-bond acceptors (Lipinski definition) is 3. The molecular weight excluding hydrogens is 214 g/mol. The van der Waals surface area contributed by atoms with Crippen molar-refractivity contribution >= 4 is 0 Å². The predicted molar refractivity (Wildman–Crippen MR) is 68.2 cm³/mol. The van der Waals surface area contributed by atoms with Crippen molar-refractivity contribution in [2.75, 3.05) is 26.8 Å². The number of aliphatic hydroxyl groups excluding tert-OH is 1. The molecule has 1 saturated heterocycles. The molecule has 2 rings (SSSR count). The van der Waals surface area contributed by atoms with E-state index in [1.165, 1.54) is 18.4 Å². The third-order valence-electron chi connectivity index (χ3n) is 3.46. The summed E-state index contributed by atoms with van der Waals surface area (Å²) in [5.41, 5.74) is 1.25. The minimum Gasteiger partial charge on any atom is -0.497 e. The second-order valence-electron chi connectivity index (χ2n) is 4.55. The lowest BCUT2D eigenvalue weighted by atomic mass is 10.0. The first kappa shape index (κ1) is 12.4. The van der Waals surface area contributed by atoms with Crippen LogP contribution in [0.2, 0.25) is 0 Å². The molecule has 0 saturated carbocycles. The molecule has 0 radical (unpaired) electrons. The molecule has 1 heterocycles. The van der Waals surface area contributed by atoms with Gasteiger partial charge in [0, 0.05) is 12.6 Å². The van der Waals surface area contributed by atoms with Crippen molar-refractivity contribution in [3.8, 4) is 5.75 Å². The lowest BCUT2D eigenvalue weighted by molar-refractivity contribution is 0.185. The minimum atomic E-state index is 0.235. The molecule has 1 atom stereocenters. The Bertz CT molecular complexity index is 348. The molecule has 0 bridgehead atoms. The lowest BCUT2D eigenvalue weighted by Crippen LogP contribution is -2.26. The first-order valence-corrected chi connectivity index (χ1v) is 6.34. The van der Waals surface area contributed by atoms with Crippen LogP contribution in [0.5, 0.6) is 5.75 Å². The maximum atomic E-state index is 9.23. The molecule has 1 aromatic rings. The minimum absolute atomic E-state index is 0.235. The van der Waals surface area contributed by atoms with Crippen molar-refractivity contribution in [1.82, 2.24) is 4.90 Å². The standard InChI is InChI=1S/C14H21NO2/c1-17-13-6-4-5-12(11-13)14(7-10-16)15-8-2-3-9-15/h4-6,11,14,16H,2-3,7-10H2,1H3. The SMILES string of the molecule is COc1cccc(C(CCO)N2CCCC2)c1. The summed E-state index contributed by atoms with van der Waals surface area (Å²) in [4.78, 5) is 2.46. The highest BCUT2D eigenvalue weighted by Gasteiger charge is 2.23. The van der Waals surface area contributed by atoms with Crippen LogP contribution in [0.1, 0.15) is 30.9 Å². The second kappa shape index (κ2) is 6.03. The molecule has 0 aromatic heterocycles. The zero-order valence-corrected chi connectivity index (χ0v) is 10.4. The molecule has 0 amide bonds. The topological polar surface area (TPSA) is 32.7 Å². The van der Waals surface area contributed by atoms with Crippen molar-refractivity contribution in [2.24, 2.45) is 0 Å². The van der Waals surface area contributed by atoms with Gasteiger partial charge in [0.05, 0.1) is 7.11 Å². The Morgan fingerprint density at radius 1 is 1.35 bits per heavy atom. The monoisotopic (exact) mass is 235 g/mol. The highest BCUT2D eigenvalue weighted by molar-refractivity contribution is 5.30. The van der Waals surface area contributed by atoms with Crippen LogP contribution in [0.4, 0.5) is 0 Å². The van der Waals surface area contributed by atoms with Gasteiger partial charge in [-0.25, -0.2) is 0 Å². The van der Waals surface area contributed by atoms with Gasteiger partial charge in [0.2, 0.25) is 0 Å². The van der Waals surface area contributed by atoms with Gasteiger partial charge in [-0.15, -0.1) is 0 Å². The van der Waals surface area contributed by atoms with Crippen molar-refractivity contribution in [2.45, 2.75) is 25.3 Å². The van der Waals surface area contributed by atoms with Gasteiger partial charge in [-0.1, -0.05) is 12.1 Å². The van der Waals surface area contributed by atoms with Gasteiger partial charge in [-0.3, -0.25) is 4.90 Å². The number of methoxy groups -OCH3 is 1. The van der Waals surface area contributed by atoms with Crippen LogP contribution in [-0.2, 0) is 0 Å². The highest BCUT2D eigenvalue weighted by Crippen LogP contribution is 2.29.